The fourth-order valence-electron chi connectivity index (χ4n) is 0.654. The van der Waals surface area contributed by atoms with Crippen molar-refractivity contribution in [1.82, 2.24) is 0 Å². The van der Waals surface area contributed by atoms with Crippen LogP contribution in [0, 0.1) is 16.0 Å². The molecule has 0 fully saturated rings. The summed E-state index contributed by atoms with van der Waals surface area (Å²) in [7, 11) is 0. The van der Waals surface area contributed by atoms with Gasteiger partial charge in [-0.2, -0.15) is 0 Å². The molecule has 0 radical (unpaired) electrons. The Morgan fingerprint density at radius 3 is 2.36 bits per heavy atom. The van der Waals surface area contributed by atoms with Gasteiger partial charge in [-0.05, 0) is 0 Å². The van der Waals surface area contributed by atoms with Gasteiger partial charge in [0.25, 0.3) is 0 Å². The van der Waals surface area contributed by atoms with Crippen molar-refractivity contribution in [3.63, 3.8) is 0 Å². The highest BCUT2D eigenvalue weighted by molar-refractivity contribution is 5.67. The van der Waals surface area contributed by atoms with Crippen molar-refractivity contribution in [2.75, 3.05) is 0 Å². The zero-order chi connectivity index (χ0) is 9.02. The van der Waals surface area contributed by atoms with E-state index in [9.17, 15) is 14.9 Å². The molecule has 64 valence electrons. The van der Waals surface area contributed by atoms with E-state index in [0.717, 1.165) is 0 Å². The monoisotopic (exact) mass is 161 g/mol. The van der Waals surface area contributed by atoms with Gasteiger partial charge in [0.1, 0.15) is 0 Å². The van der Waals surface area contributed by atoms with Gasteiger partial charge in [-0.15, -0.1) is 0 Å². The number of nitro groups is 1. The second-order valence-corrected chi connectivity index (χ2v) is 2.60. The van der Waals surface area contributed by atoms with Gasteiger partial charge in [0.05, 0.1) is 6.42 Å². The van der Waals surface area contributed by atoms with Crippen LogP contribution in [0.3, 0.4) is 0 Å². The van der Waals surface area contributed by atoms with Crippen molar-refractivity contribution in [3.05, 3.63) is 10.1 Å². The zero-order valence-electron chi connectivity index (χ0n) is 6.48. The number of aliphatic carboxylic acids is 1. The number of hydrogen-bond donors (Lipinski definition) is 1. The largest absolute Gasteiger partial charge is 0.481 e. The predicted molar refractivity (Wildman–Crippen MR) is 37.9 cm³/mol. The Morgan fingerprint density at radius 2 is 2.09 bits per heavy atom. The van der Waals surface area contributed by atoms with Crippen LogP contribution >= 0.6 is 0 Å². The second-order valence-electron chi connectivity index (χ2n) is 2.60. The van der Waals surface area contributed by atoms with Gasteiger partial charge in [0, 0.05) is 17.8 Å². The van der Waals surface area contributed by atoms with Gasteiger partial charge in [-0.25, -0.2) is 0 Å². The molecule has 0 saturated heterocycles. The van der Waals surface area contributed by atoms with Crippen molar-refractivity contribution in [3.8, 4) is 0 Å². The second kappa shape index (κ2) is 3.90. The maximum absolute atomic E-state index is 10.1. The molecule has 0 heterocycles. The summed E-state index contributed by atoms with van der Waals surface area (Å²) in [5, 5.41) is 18.4. The SMILES string of the molecule is CC(CC(=O)O)C(C)[N+](=O)[O-]. The Labute approximate surface area is 64.2 Å². The van der Waals surface area contributed by atoms with Gasteiger partial charge >= 0.3 is 5.97 Å². The number of rotatable bonds is 4. The third kappa shape index (κ3) is 3.54. The van der Waals surface area contributed by atoms with Crippen molar-refractivity contribution in [2.45, 2.75) is 26.3 Å². The molecule has 0 aliphatic carbocycles. The lowest BCUT2D eigenvalue weighted by molar-refractivity contribution is -0.526. The van der Waals surface area contributed by atoms with E-state index >= 15 is 0 Å². The topological polar surface area (TPSA) is 80.4 Å². The molecule has 0 amide bonds. The first kappa shape index (κ1) is 9.87. The minimum absolute atomic E-state index is 0.151. The van der Waals surface area contributed by atoms with E-state index < -0.39 is 22.9 Å². The summed E-state index contributed by atoms with van der Waals surface area (Å²) in [5.41, 5.74) is 0. The highest BCUT2D eigenvalue weighted by Crippen LogP contribution is 2.09. The number of carboxylic acid groups (broad SMARTS) is 1. The molecular weight excluding hydrogens is 150 g/mol. The molecule has 0 aromatic carbocycles. The summed E-state index contributed by atoms with van der Waals surface area (Å²) < 4.78 is 0. The highest BCUT2D eigenvalue weighted by Gasteiger charge is 2.23. The highest BCUT2D eigenvalue weighted by atomic mass is 16.6. The predicted octanol–water partition coefficient (Wildman–Crippen LogP) is 0.762. The molecule has 2 atom stereocenters. The van der Waals surface area contributed by atoms with E-state index in [1.807, 2.05) is 0 Å². The van der Waals surface area contributed by atoms with Crippen LogP contribution in [0.5, 0.6) is 0 Å². The first-order valence-corrected chi connectivity index (χ1v) is 3.30. The quantitative estimate of drug-likeness (QED) is 0.487. The van der Waals surface area contributed by atoms with Crippen LogP contribution in [0.25, 0.3) is 0 Å². The molecule has 11 heavy (non-hydrogen) atoms. The van der Waals surface area contributed by atoms with Gasteiger partial charge in [-0.3, -0.25) is 14.9 Å². The molecule has 0 spiro atoms. The number of nitrogens with zero attached hydrogens (tertiary/aromatic N) is 1. The Bertz CT molecular complexity index is 168. The minimum Gasteiger partial charge on any atom is -0.481 e. The van der Waals surface area contributed by atoms with Crippen molar-refractivity contribution in [2.24, 2.45) is 5.92 Å². The molecular formula is C6H11NO4. The molecule has 0 rings (SSSR count). The first-order valence-electron chi connectivity index (χ1n) is 3.30. The first-order chi connectivity index (χ1) is 4.95. The summed E-state index contributed by atoms with van der Waals surface area (Å²) in [5.74, 6) is -1.41. The molecule has 0 aromatic heterocycles. The summed E-state index contributed by atoms with van der Waals surface area (Å²) in [4.78, 5) is 19.8. The molecule has 0 bridgehead atoms. The average Bonchev–Trinajstić information content (AvgIpc) is 1.84. The molecule has 1 N–H and O–H groups in total. The summed E-state index contributed by atoms with van der Waals surface area (Å²) in [6.45, 7) is 2.97. The molecule has 5 nitrogen and oxygen atoms in total. The van der Waals surface area contributed by atoms with E-state index in [4.69, 9.17) is 5.11 Å². The van der Waals surface area contributed by atoms with Crippen LogP contribution in [0.15, 0.2) is 0 Å². The summed E-state index contributed by atoms with van der Waals surface area (Å²) >= 11 is 0. The average molecular weight is 161 g/mol. The molecule has 0 aromatic rings. The Hall–Kier alpha value is -1.13. The van der Waals surface area contributed by atoms with Crippen LogP contribution in [0.4, 0.5) is 0 Å². The van der Waals surface area contributed by atoms with Crippen LogP contribution in [0.2, 0.25) is 0 Å². The summed E-state index contributed by atoms with van der Waals surface area (Å²) in [6.07, 6.45) is -0.151. The Balaban J connectivity index is 3.92. The fourth-order valence-corrected chi connectivity index (χ4v) is 0.654. The maximum atomic E-state index is 10.1. The van der Waals surface area contributed by atoms with E-state index in [-0.39, 0.29) is 6.42 Å². The van der Waals surface area contributed by atoms with E-state index in [2.05, 4.69) is 0 Å². The van der Waals surface area contributed by atoms with Crippen molar-refractivity contribution < 1.29 is 14.8 Å². The lowest BCUT2D eigenvalue weighted by Gasteiger charge is -2.09. The van der Waals surface area contributed by atoms with Crippen molar-refractivity contribution >= 4 is 5.97 Å². The molecule has 0 saturated carbocycles. The Kier molecular flexibility index (Phi) is 3.50. The van der Waals surface area contributed by atoms with Gasteiger partial charge in [0.2, 0.25) is 6.04 Å². The number of carboxylic acids is 1. The Morgan fingerprint density at radius 1 is 1.64 bits per heavy atom. The van der Waals surface area contributed by atoms with Crippen LogP contribution < -0.4 is 0 Å². The smallest absolute Gasteiger partial charge is 0.303 e. The maximum Gasteiger partial charge on any atom is 0.303 e. The van der Waals surface area contributed by atoms with Gasteiger partial charge < -0.3 is 5.11 Å². The van der Waals surface area contributed by atoms with Crippen LogP contribution in [0.1, 0.15) is 20.3 Å². The lowest BCUT2D eigenvalue weighted by Crippen LogP contribution is -2.25. The lowest BCUT2D eigenvalue weighted by atomic mass is 10.0. The van der Waals surface area contributed by atoms with E-state index in [0.29, 0.717) is 0 Å². The molecule has 0 aliphatic heterocycles. The summed E-state index contributed by atoms with van der Waals surface area (Å²) in [6, 6.07) is -0.786. The standard InChI is InChI=1S/C6H11NO4/c1-4(3-6(8)9)5(2)7(10)11/h4-5H,3H2,1-2H3,(H,8,9). The molecule has 0 aliphatic rings. The van der Waals surface area contributed by atoms with Gasteiger partial charge in [0.15, 0.2) is 0 Å². The third-order valence-corrected chi connectivity index (χ3v) is 1.65. The number of hydrogen-bond acceptors (Lipinski definition) is 3. The molecule has 2 unspecified atom stereocenters. The molecule has 5 heteroatoms. The van der Waals surface area contributed by atoms with Crippen molar-refractivity contribution in [1.29, 1.82) is 0 Å². The van der Waals surface area contributed by atoms with Crippen LogP contribution in [-0.2, 0) is 4.79 Å². The number of carbonyl (C=O) groups is 1. The third-order valence-electron chi connectivity index (χ3n) is 1.65. The van der Waals surface area contributed by atoms with E-state index in [1.54, 1.807) is 6.92 Å². The zero-order valence-corrected chi connectivity index (χ0v) is 6.48. The minimum atomic E-state index is -0.994. The normalized spacial score (nSPS) is 15.5. The fraction of sp³-hybridized carbons (Fsp3) is 0.833. The van der Waals surface area contributed by atoms with Gasteiger partial charge in [-0.1, -0.05) is 6.92 Å². The van der Waals surface area contributed by atoms with E-state index in [1.165, 1.54) is 6.92 Å². The van der Waals surface area contributed by atoms with Crippen LogP contribution in [-0.4, -0.2) is 22.0 Å².